The Hall–Kier alpha value is -0.530. The lowest BCUT2D eigenvalue weighted by atomic mass is 9.55. The van der Waals surface area contributed by atoms with Crippen molar-refractivity contribution in [3.8, 4) is 0 Å². The highest BCUT2D eigenvalue weighted by Gasteiger charge is 2.48. The molecule has 1 aliphatic rings. The molecule has 10 heavy (non-hydrogen) atoms. The predicted octanol–water partition coefficient (Wildman–Crippen LogP) is 1.15. The minimum absolute atomic E-state index is 0.113. The van der Waals surface area contributed by atoms with E-state index in [1.165, 1.54) is 0 Å². The molecule has 1 saturated carbocycles. The third-order valence-corrected chi connectivity index (χ3v) is 3.10. The molecule has 0 aromatic rings. The van der Waals surface area contributed by atoms with Gasteiger partial charge < -0.3 is 5.73 Å². The number of hydrogen-bond acceptors (Lipinski definition) is 1. The van der Waals surface area contributed by atoms with Crippen LogP contribution in [0.3, 0.4) is 0 Å². The summed E-state index contributed by atoms with van der Waals surface area (Å²) < 4.78 is 0. The van der Waals surface area contributed by atoms with Gasteiger partial charge in [0.1, 0.15) is 0 Å². The predicted molar refractivity (Wildman–Crippen MR) is 40.2 cm³/mol. The van der Waals surface area contributed by atoms with Crippen LogP contribution in [0.15, 0.2) is 0 Å². The molecule has 0 saturated heterocycles. The molecule has 0 aromatic heterocycles. The van der Waals surface area contributed by atoms with E-state index in [4.69, 9.17) is 5.73 Å². The lowest BCUT2D eigenvalue weighted by Gasteiger charge is -2.49. The molecule has 0 heterocycles. The van der Waals surface area contributed by atoms with Gasteiger partial charge in [0.25, 0.3) is 0 Å². The van der Waals surface area contributed by atoms with E-state index in [2.05, 4.69) is 20.8 Å². The second kappa shape index (κ2) is 1.97. The maximum Gasteiger partial charge on any atom is 0.221 e. The molecule has 58 valence electrons. The van der Waals surface area contributed by atoms with E-state index in [0.29, 0.717) is 5.92 Å². The van der Waals surface area contributed by atoms with Crippen LogP contribution in [0.25, 0.3) is 0 Å². The van der Waals surface area contributed by atoms with Gasteiger partial charge in [0, 0.05) is 5.92 Å². The number of amides is 1. The molecule has 2 unspecified atom stereocenters. The SMILES string of the molecule is CC1CC(C(N)=O)C1(C)C. The zero-order valence-electron chi connectivity index (χ0n) is 6.85. The van der Waals surface area contributed by atoms with E-state index in [-0.39, 0.29) is 17.2 Å². The van der Waals surface area contributed by atoms with E-state index >= 15 is 0 Å². The third kappa shape index (κ3) is 0.825. The van der Waals surface area contributed by atoms with Crippen LogP contribution in [0.1, 0.15) is 27.2 Å². The average molecular weight is 141 g/mol. The number of nitrogens with two attached hydrogens (primary N) is 1. The van der Waals surface area contributed by atoms with Crippen molar-refractivity contribution in [1.82, 2.24) is 0 Å². The van der Waals surface area contributed by atoms with Crippen molar-refractivity contribution < 1.29 is 4.79 Å². The Kier molecular flexibility index (Phi) is 1.50. The van der Waals surface area contributed by atoms with Crippen LogP contribution in [0.2, 0.25) is 0 Å². The Bertz CT molecular complexity index is 163. The zero-order chi connectivity index (χ0) is 7.94. The standard InChI is InChI=1S/C8H15NO/c1-5-4-6(7(9)10)8(5,2)3/h5-6H,4H2,1-3H3,(H2,9,10). The molecule has 2 heteroatoms. The largest absolute Gasteiger partial charge is 0.369 e. The van der Waals surface area contributed by atoms with E-state index < -0.39 is 0 Å². The molecular formula is C8H15NO. The molecule has 0 radical (unpaired) electrons. The average Bonchev–Trinajstić information content (AvgIpc) is 1.82. The highest BCUT2D eigenvalue weighted by molar-refractivity contribution is 5.78. The summed E-state index contributed by atoms with van der Waals surface area (Å²) in [5.74, 6) is 0.621. The topological polar surface area (TPSA) is 43.1 Å². The molecule has 0 aromatic carbocycles. The first-order valence-corrected chi connectivity index (χ1v) is 3.75. The maximum absolute atomic E-state index is 10.8. The normalized spacial score (nSPS) is 36.7. The van der Waals surface area contributed by atoms with Crippen molar-refractivity contribution in [2.45, 2.75) is 27.2 Å². The number of carbonyl (C=O) groups excluding carboxylic acids is 1. The molecule has 0 bridgehead atoms. The summed E-state index contributed by atoms with van der Waals surface area (Å²) in [6.07, 6.45) is 0.975. The summed E-state index contributed by atoms with van der Waals surface area (Å²) in [6.45, 7) is 6.38. The van der Waals surface area contributed by atoms with Crippen LogP contribution in [-0.4, -0.2) is 5.91 Å². The number of hydrogen-bond donors (Lipinski definition) is 1. The molecule has 0 aliphatic heterocycles. The van der Waals surface area contributed by atoms with Crippen molar-refractivity contribution in [2.24, 2.45) is 23.0 Å². The summed E-state index contributed by atoms with van der Waals surface area (Å²) in [5.41, 5.74) is 5.34. The van der Waals surface area contributed by atoms with E-state index in [1.54, 1.807) is 0 Å². The van der Waals surface area contributed by atoms with Crippen molar-refractivity contribution in [3.63, 3.8) is 0 Å². The first-order valence-electron chi connectivity index (χ1n) is 3.75. The van der Waals surface area contributed by atoms with E-state index in [9.17, 15) is 4.79 Å². The number of carbonyl (C=O) groups is 1. The first kappa shape index (κ1) is 7.58. The van der Waals surface area contributed by atoms with Crippen molar-refractivity contribution in [2.75, 3.05) is 0 Å². The fraction of sp³-hybridized carbons (Fsp3) is 0.875. The molecule has 1 aliphatic carbocycles. The second-order valence-electron chi connectivity index (χ2n) is 3.91. The Balaban J connectivity index is 2.63. The van der Waals surface area contributed by atoms with Crippen LogP contribution < -0.4 is 5.73 Å². The number of rotatable bonds is 1. The minimum atomic E-state index is -0.136. The van der Waals surface area contributed by atoms with Crippen molar-refractivity contribution >= 4 is 5.91 Å². The van der Waals surface area contributed by atoms with Crippen LogP contribution in [0, 0.1) is 17.3 Å². The molecule has 1 fully saturated rings. The van der Waals surface area contributed by atoms with E-state index in [1.807, 2.05) is 0 Å². The van der Waals surface area contributed by atoms with Gasteiger partial charge in [-0.25, -0.2) is 0 Å². The monoisotopic (exact) mass is 141 g/mol. The highest BCUT2D eigenvalue weighted by Crippen LogP contribution is 2.50. The minimum Gasteiger partial charge on any atom is -0.369 e. The van der Waals surface area contributed by atoms with Crippen molar-refractivity contribution in [1.29, 1.82) is 0 Å². The second-order valence-corrected chi connectivity index (χ2v) is 3.91. The van der Waals surface area contributed by atoms with Gasteiger partial charge in [-0.3, -0.25) is 4.79 Å². The van der Waals surface area contributed by atoms with Gasteiger partial charge in [-0.1, -0.05) is 20.8 Å². The van der Waals surface area contributed by atoms with Gasteiger partial charge in [-0.2, -0.15) is 0 Å². The number of primary amides is 1. The van der Waals surface area contributed by atoms with E-state index in [0.717, 1.165) is 6.42 Å². The summed E-state index contributed by atoms with van der Waals surface area (Å²) in [6, 6.07) is 0. The van der Waals surface area contributed by atoms with Crippen molar-refractivity contribution in [3.05, 3.63) is 0 Å². The maximum atomic E-state index is 10.8. The molecule has 2 N–H and O–H groups in total. The van der Waals surface area contributed by atoms with Crippen LogP contribution in [-0.2, 0) is 4.79 Å². The Morgan fingerprint density at radius 2 is 2.10 bits per heavy atom. The summed E-state index contributed by atoms with van der Waals surface area (Å²) in [7, 11) is 0. The Labute approximate surface area is 61.8 Å². The van der Waals surface area contributed by atoms with Gasteiger partial charge in [-0.15, -0.1) is 0 Å². The Morgan fingerprint density at radius 3 is 2.20 bits per heavy atom. The fourth-order valence-electron chi connectivity index (χ4n) is 1.63. The van der Waals surface area contributed by atoms with Crippen LogP contribution in [0.5, 0.6) is 0 Å². The molecule has 2 atom stereocenters. The van der Waals surface area contributed by atoms with Gasteiger partial charge in [-0.05, 0) is 17.8 Å². The Morgan fingerprint density at radius 1 is 1.60 bits per heavy atom. The molecule has 0 spiro atoms. The highest BCUT2D eigenvalue weighted by atomic mass is 16.1. The summed E-state index contributed by atoms with van der Waals surface area (Å²) >= 11 is 0. The lowest BCUT2D eigenvalue weighted by Crippen LogP contribution is -2.49. The van der Waals surface area contributed by atoms with Gasteiger partial charge in [0.2, 0.25) is 5.91 Å². The zero-order valence-corrected chi connectivity index (χ0v) is 6.85. The van der Waals surface area contributed by atoms with Gasteiger partial charge in [0.15, 0.2) is 0 Å². The third-order valence-electron chi connectivity index (χ3n) is 3.10. The van der Waals surface area contributed by atoms with Crippen LogP contribution >= 0.6 is 0 Å². The molecule has 1 amide bonds. The molecule has 2 nitrogen and oxygen atoms in total. The van der Waals surface area contributed by atoms with Gasteiger partial charge >= 0.3 is 0 Å². The molecular weight excluding hydrogens is 126 g/mol. The van der Waals surface area contributed by atoms with Gasteiger partial charge in [0.05, 0.1) is 0 Å². The smallest absolute Gasteiger partial charge is 0.221 e. The summed E-state index contributed by atoms with van der Waals surface area (Å²) in [4.78, 5) is 10.8. The lowest BCUT2D eigenvalue weighted by molar-refractivity contribution is -0.136. The first-order chi connectivity index (χ1) is 4.46. The quantitative estimate of drug-likeness (QED) is 0.585. The fourth-order valence-corrected chi connectivity index (χ4v) is 1.63. The summed E-state index contributed by atoms with van der Waals surface area (Å²) in [5, 5.41) is 0. The van der Waals surface area contributed by atoms with Crippen LogP contribution in [0.4, 0.5) is 0 Å². The molecule has 1 rings (SSSR count).